The van der Waals surface area contributed by atoms with E-state index in [1.807, 2.05) is 0 Å². The maximum atomic E-state index is 6.34. The van der Waals surface area contributed by atoms with Crippen molar-refractivity contribution in [1.82, 2.24) is 0 Å². The van der Waals surface area contributed by atoms with Gasteiger partial charge in [0.15, 0.2) is 0 Å². The van der Waals surface area contributed by atoms with Gasteiger partial charge in [-0.2, -0.15) is 0 Å². The molecule has 0 amide bonds. The van der Waals surface area contributed by atoms with Crippen LogP contribution >= 0.6 is 0 Å². The predicted octanol–water partition coefficient (Wildman–Crippen LogP) is 11.0. The molecule has 0 aromatic rings. The van der Waals surface area contributed by atoms with Gasteiger partial charge >= 0.3 is 0 Å². The zero-order valence-corrected chi connectivity index (χ0v) is 28.1. The number of allylic oxidation sites excluding steroid dienone is 16. The molecule has 0 radical (unpaired) electrons. The molecule has 4 fully saturated rings. The van der Waals surface area contributed by atoms with Gasteiger partial charge in [-0.25, -0.2) is 0 Å². The molecule has 2 heterocycles. The van der Waals surface area contributed by atoms with Crippen LogP contribution in [-0.4, -0.2) is 22.4 Å². The predicted molar refractivity (Wildman–Crippen MR) is 180 cm³/mol. The van der Waals surface area contributed by atoms with Crippen molar-refractivity contribution in [2.75, 3.05) is 0 Å². The van der Waals surface area contributed by atoms with Crippen LogP contribution in [0.1, 0.15) is 108 Å². The molecule has 2 saturated carbocycles. The van der Waals surface area contributed by atoms with Crippen LogP contribution in [0.5, 0.6) is 0 Å². The fraction of sp³-hybridized carbons (Fsp3) is 0.550. The number of fused-ring (bicyclic) bond motifs is 2. The minimum absolute atomic E-state index is 0.0169. The smallest absolute Gasteiger partial charge is 0.121 e. The molecule has 0 aromatic heterocycles. The van der Waals surface area contributed by atoms with E-state index in [0.29, 0.717) is 0 Å². The summed E-state index contributed by atoms with van der Waals surface area (Å²) in [4.78, 5) is 0. The van der Waals surface area contributed by atoms with Crippen molar-refractivity contribution in [1.29, 1.82) is 0 Å². The average Bonchev–Trinajstić information content (AvgIpc) is 3.75. The maximum absolute atomic E-state index is 6.34. The van der Waals surface area contributed by atoms with Crippen LogP contribution in [0.3, 0.4) is 0 Å². The summed E-state index contributed by atoms with van der Waals surface area (Å²) in [6.07, 6.45) is 37.8. The van der Waals surface area contributed by atoms with Crippen molar-refractivity contribution in [2.24, 2.45) is 10.8 Å². The average molecular weight is 569 g/mol. The van der Waals surface area contributed by atoms with E-state index < -0.39 is 0 Å². The minimum Gasteiger partial charge on any atom is -0.358 e. The van der Waals surface area contributed by atoms with Gasteiger partial charge in [0.1, 0.15) is 11.2 Å². The Labute approximate surface area is 257 Å². The molecule has 0 aromatic carbocycles. The van der Waals surface area contributed by atoms with Crippen molar-refractivity contribution >= 4 is 0 Å². The summed E-state index contributed by atoms with van der Waals surface area (Å²) in [5, 5.41) is 0. The summed E-state index contributed by atoms with van der Waals surface area (Å²) in [5.41, 5.74) is 5.11. The van der Waals surface area contributed by atoms with Crippen molar-refractivity contribution in [3.8, 4) is 0 Å². The molecule has 2 nitrogen and oxygen atoms in total. The number of ether oxygens (including phenoxy) is 2. The summed E-state index contributed by atoms with van der Waals surface area (Å²) >= 11 is 0. The Hall–Kier alpha value is -2.42. The standard InChI is InChI=1S/C40H56O2/c1-31(19-13-21-33(3)23-29-39-35(5,6)25-15-27-37(39,9)41-39)17-11-12-18-32(2)20-14-22-34(4)24-30-40-36(7,8)26-16-28-38(40,10)42-40/h11-14,17-24,29-30H,15-16,25-28H2,1-10H3/b12-11+,19-13+,20-14+,29-23+,30-24+,31-17+,32-18+,33-21+,34-22+/t37-,38-,39+,40+/m1/s1. The number of hydrogen-bond acceptors (Lipinski definition) is 2. The number of hydrogen-bond donors (Lipinski definition) is 0. The second-order valence-electron chi connectivity index (χ2n) is 15.0. The Morgan fingerprint density at radius 1 is 0.452 bits per heavy atom. The molecule has 2 aliphatic carbocycles. The fourth-order valence-corrected chi connectivity index (χ4v) is 7.66. The van der Waals surface area contributed by atoms with E-state index in [-0.39, 0.29) is 33.2 Å². The molecule has 4 rings (SSSR count). The van der Waals surface area contributed by atoms with Crippen LogP contribution in [0, 0.1) is 10.8 Å². The van der Waals surface area contributed by atoms with Gasteiger partial charge in [-0.1, -0.05) is 123 Å². The molecule has 0 spiro atoms. The zero-order chi connectivity index (χ0) is 30.9. The Kier molecular flexibility index (Phi) is 9.23. The van der Waals surface area contributed by atoms with Crippen LogP contribution in [0.15, 0.2) is 107 Å². The van der Waals surface area contributed by atoms with Crippen molar-refractivity contribution in [3.05, 3.63) is 107 Å². The van der Waals surface area contributed by atoms with E-state index in [1.165, 1.54) is 48.0 Å². The Balaban J connectivity index is 1.25. The van der Waals surface area contributed by atoms with E-state index in [2.05, 4.69) is 154 Å². The molecule has 0 N–H and O–H groups in total. The fourth-order valence-electron chi connectivity index (χ4n) is 7.66. The van der Waals surface area contributed by atoms with Gasteiger partial charge in [0.2, 0.25) is 0 Å². The van der Waals surface area contributed by atoms with Gasteiger partial charge in [-0.3, -0.25) is 0 Å². The lowest BCUT2D eigenvalue weighted by Crippen LogP contribution is -2.41. The van der Waals surface area contributed by atoms with Gasteiger partial charge in [0.25, 0.3) is 0 Å². The maximum Gasteiger partial charge on any atom is 0.121 e. The molecule has 2 heteroatoms. The van der Waals surface area contributed by atoms with Gasteiger partial charge in [0.05, 0.1) is 11.2 Å². The summed E-state index contributed by atoms with van der Waals surface area (Å²) in [6, 6.07) is 0. The third-order valence-corrected chi connectivity index (χ3v) is 10.6. The lowest BCUT2D eigenvalue weighted by Gasteiger charge is -2.36. The highest BCUT2D eigenvalue weighted by Gasteiger charge is 2.73. The summed E-state index contributed by atoms with van der Waals surface area (Å²) < 4.78 is 12.7. The van der Waals surface area contributed by atoms with Crippen LogP contribution < -0.4 is 0 Å². The zero-order valence-electron chi connectivity index (χ0n) is 28.1. The molecule has 0 bridgehead atoms. The molecule has 4 aliphatic rings. The van der Waals surface area contributed by atoms with E-state index in [1.54, 1.807) is 0 Å². The second kappa shape index (κ2) is 11.9. The lowest BCUT2D eigenvalue weighted by molar-refractivity contribution is 0.166. The van der Waals surface area contributed by atoms with Gasteiger partial charge in [-0.15, -0.1) is 0 Å². The van der Waals surface area contributed by atoms with Crippen molar-refractivity contribution in [3.63, 3.8) is 0 Å². The lowest BCUT2D eigenvalue weighted by atomic mass is 9.64. The normalized spacial score (nSPS) is 36.9. The summed E-state index contributed by atoms with van der Waals surface area (Å²) in [6.45, 7) is 22.5. The first-order valence-electron chi connectivity index (χ1n) is 16.1. The van der Waals surface area contributed by atoms with Gasteiger partial charge in [0, 0.05) is 10.8 Å². The van der Waals surface area contributed by atoms with Crippen LogP contribution in [0.25, 0.3) is 0 Å². The van der Waals surface area contributed by atoms with Crippen LogP contribution in [-0.2, 0) is 9.47 Å². The van der Waals surface area contributed by atoms with E-state index in [4.69, 9.17) is 9.47 Å². The third-order valence-electron chi connectivity index (χ3n) is 10.6. The highest BCUT2D eigenvalue weighted by Crippen LogP contribution is 2.67. The minimum atomic E-state index is -0.106. The molecule has 2 aliphatic heterocycles. The number of epoxide rings is 2. The first-order valence-corrected chi connectivity index (χ1v) is 16.1. The molecular weight excluding hydrogens is 512 g/mol. The molecule has 0 unspecified atom stereocenters. The first-order chi connectivity index (χ1) is 19.6. The van der Waals surface area contributed by atoms with E-state index in [9.17, 15) is 0 Å². The van der Waals surface area contributed by atoms with E-state index >= 15 is 0 Å². The Morgan fingerprint density at radius 2 is 0.786 bits per heavy atom. The monoisotopic (exact) mass is 568 g/mol. The largest absolute Gasteiger partial charge is 0.358 e. The SMILES string of the molecule is CC(/C=C/C=C(C)/C=C/[C@@]12O[C@]1(C)CCCC2(C)C)=C\C=C\C=C(C)\C=C\C=C(C)\C=C\[C@@]12O[C@]1(C)CCCC2(C)C. The van der Waals surface area contributed by atoms with Gasteiger partial charge in [-0.05, 0) is 92.2 Å². The Morgan fingerprint density at radius 3 is 1.14 bits per heavy atom. The van der Waals surface area contributed by atoms with Gasteiger partial charge < -0.3 is 9.47 Å². The quantitative estimate of drug-likeness (QED) is 0.193. The summed E-state index contributed by atoms with van der Waals surface area (Å²) in [7, 11) is 0. The van der Waals surface area contributed by atoms with E-state index in [0.717, 1.165) is 12.8 Å². The Bertz CT molecular complexity index is 1200. The molecule has 4 atom stereocenters. The molecule has 42 heavy (non-hydrogen) atoms. The van der Waals surface area contributed by atoms with Crippen LogP contribution in [0.4, 0.5) is 0 Å². The summed E-state index contributed by atoms with van der Waals surface area (Å²) in [5.74, 6) is 0. The molecular formula is C40H56O2. The number of rotatable bonds is 10. The second-order valence-corrected chi connectivity index (χ2v) is 15.0. The topological polar surface area (TPSA) is 25.1 Å². The van der Waals surface area contributed by atoms with Crippen molar-refractivity contribution in [2.45, 2.75) is 130 Å². The molecule has 228 valence electrons. The van der Waals surface area contributed by atoms with Crippen LogP contribution in [0.2, 0.25) is 0 Å². The highest BCUT2D eigenvalue weighted by atomic mass is 16.6. The first kappa shape index (κ1) is 32.5. The molecule has 2 saturated heterocycles. The highest BCUT2D eigenvalue weighted by molar-refractivity contribution is 5.37. The third kappa shape index (κ3) is 6.41. The van der Waals surface area contributed by atoms with Crippen molar-refractivity contribution < 1.29 is 9.47 Å².